The molecule has 3 nitrogen and oxygen atoms in total. The van der Waals surface area contributed by atoms with E-state index >= 15 is 0 Å². The summed E-state index contributed by atoms with van der Waals surface area (Å²) in [5.74, 6) is -2.16. The van der Waals surface area contributed by atoms with Gasteiger partial charge in [0.05, 0.1) is 0 Å². The molecular formula is C6H13NO2. The van der Waals surface area contributed by atoms with Crippen LogP contribution in [0.3, 0.4) is 0 Å². The number of carbonyl (C=O) groups is 1. The lowest BCUT2D eigenvalue weighted by molar-refractivity contribution is -0.137. The summed E-state index contributed by atoms with van der Waals surface area (Å²) in [7, 11) is 0. The second-order valence-corrected chi connectivity index (χ2v) is 1.11. The number of rotatable bonds is 5. The van der Waals surface area contributed by atoms with Crippen molar-refractivity contribution in [3.05, 3.63) is 0 Å². The number of hydrogen-bond donors (Lipinski definition) is 2. The van der Waals surface area contributed by atoms with Crippen LogP contribution in [0.25, 0.3) is 0 Å². The van der Waals surface area contributed by atoms with E-state index in [-0.39, 0.29) is 0 Å². The summed E-state index contributed by atoms with van der Waals surface area (Å²) in [6.07, 6.45) is -11.2. The topological polar surface area (TPSA) is 63.3 Å². The van der Waals surface area contributed by atoms with Crippen molar-refractivity contribution in [3.8, 4) is 0 Å². The highest BCUT2D eigenvalue weighted by Crippen LogP contribution is 1.97. The van der Waals surface area contributed by atoms with Crippen LogP contribution in [0, 0.1) is 0 Å². The molecule has 0 fully saturated rings. The Kier molecular flexibility index (Phi) is 1.21. The molecule has 3 heteroatoms. The Labute approximate surface area is 66.1 Å². The molecule has 0 saturated heterocycles. The van der Waals surface area contributed by atoms with Gasteiger partial charge in [-0.05, 0) is 19.3 Å². The van der Waals surface area contributed by atoms with Gasteiger partial charge in [-0.2, -0.15) is 0 Å². The summed E-state index contributed by atoms with van der Waals surface area (Å²) in [5, 5.41) is 8.53. The van der Waals surface area contributed by atoms with Gasteiger partial charge in [-0.1, -0.05) is 6.37 Å². The van der Waals surface area contributed by atoms with Gasteiger partial charge >= 0.3 is 5.97 Å². The number of aliphatic carboxylic acids is 1. The normalized spacial score (nSPS) is 29.0. The summed E-state index contributed by atoms with van der Waals surface area (Å²) >= 11 is 0. The van der Waals surface area contributed by atoms with Crippen molar-refractivity contribution in [2.45, 2.75) is 25.5 Å². The van der Waals surface area contributed by atoms with E-state index in [1.54, 1.807) is 0 Å². The first-order valence-corrected chi connectivity index (χ1v) is 2.17. The van der Waals surface area contributed by atoms with Crippen molar-refractivity contribution in [3.63, 3.8) is 0 Å². The van der Waals surface area contributed by atoms with Gasteiger partial charge in [0.1, 0.15) is 0 Å². The highest BCUT2D eigenvalue weighted by Gasteiger charge is 1.94. The van der Waals surface area contributed by atoms with E-state index in [4.69, 9.17) is 21.8 Å². The second kappa shape index (κ2) is 5.56. The molecule has 0 unspecified atom stereocenters. The highest BCUT2D eigenvalue weighted by atomic mass is 16.4. The molecule has 0 spiro atoms. The zero-order valence-electron chi connectivity index (χ0n) is 12.6. The van der Waals surface area contributed by atoms with Gasteiger partial charge in [0.25, 0.3) is 0 Å². The van der Waals surface area contributed by atoms with Crippen molar-refractivity contribution in [1.82, 2.24) is 0 Å². The smallest absolute Gasteiger partial charge is 0.303 e. The van der Waals surface area contributed by atoms with E-state index in [0.29, 0.717) is 0 Å². The Morgan fingerprint density at radius 1 is 1.67 bits per heavy atom. The summed E-state index contributed by atoms with van der Waals surface area (Å²) in [6.45, 7) is -2.58. The minimum absolute atomic E-state index is 1.17. The van der Waals surface area contributed by atoms with Gasteiger partial charge in [0.2, 0.25) is 0 Å². The van der Waals surface area contributed by atoms with Crippen LogP contribution in [0.4, 0.5) is 0 Å². The maximum atomic E-state index is 10.6. The van der Waals surface area contributed by atoms with Gasteiger partial charge < -0.3 is 10.8 Å². The van der Waals surface area contributed by atoms with Crippen LogP contribution < -0.4 is 5.73 Å². The quantitative estimate of drug-likeness (QED) is 0.586. The van der Waals surface area contributed by atoms with Crippen LogP contribution >= 0.6 is 0 Å². The Balaban J connectivity index is 5.37. The molecule has 0 aliphatic heterocycles. The van der Waals surface area contributed by atoms with Crippen LogP contribution in [0.15, 0.2) is 0 Å². The fourth-order valence-corrected chi connectivity index (χ4v) is 0.193. The van der Waals surface area contributed by atoms with E-state index in [1.807, 2.05) is 0 Å². The van der Waals surface area contributed by atoms with Crippen molar-refractivity contribution in [2.24, 2.45) is 5.73 Å². The maximum absolute atomic E-state index is 10.6. The van der Waals surface area contributed by atoms with Gasteiger partial charge in [-0.25, -0.2) is 0 Å². The average Bonchev–Trinajstić information content (AvgIpc) is 1.98. The lowest BCUT2D eigenvalue weighted by atomic mass is 10.2. The molecule has 0 amide bonds. The van der Waals surface area contributed by atoms with Gasteiger partial charge in [0.15, 0.2) is 0 Å². The number of hydrogen-bond acceptors (Lipinski definition) is 2. The largest absolute Gasteiger partial charge is 0.481 e. The molecule has 3 N–H and O–H groups in total. The van der Waals surface area contributed by atoms with Crippen LogP contribution in [-0.2, 0) is 4.79 Å². The van der Waals surface area contributed by atoms with Crippen molar-refractivity contribution >= 4 is 5.97 Å². The van der Waals surface area contributed by atoms with E-state index in [2.05, 4.69) is 0 Å². The van der Waals surface area contributed by atoms with E-state index < -0.39 is 38.0 Å². The van der Waals surface area contributed by atoms with Crippen LogP contribution in [0.2, 0.25) is 0 Å². The summed E-state index contributed by atoms with van der Waals surface area (Å²) in [6, 6.07) is 0. The minimum Gasteiger partial charge on any atom is -0.481 e. The fourth-order valence-electron chi connectivity index (χ4n) is 0.193. The zero-order valence-corrected chi connectivity index (χ0v) is 4.64. The third-order valence-corrected chi connectivity index (χ3v) is 0.448. The molecule has 0 rings (SSSR count). The molecule has 9 heavy (non-hydrogen) atoms. The second-order valence-electron chi connectivity index (χ2n) is 1.11. The fraction of sp³-hybridized carbons (Fsp3) is 0.833. The molecule has 0 radical (unpaired) electrons. The molecule has 0 heterocycles. The van der Waals surface area contributed by atoms with E-state index in [0.717, 1.165) is 0 Å². The highest BCUT2D eigenvalue weighted by molar-refractivity contribution is 5.66. The zero-order chi connectivity index (χ0) is 14.3. The molecule has 0 aromatic heterocycles. The Morgan fingerprint density at radius 3 is 2.78 bits per heavy atom. The molecule has 54 valence electrons. The van der Waals surface area contributed by atoms with Crippen molar-refractivity contribution in [1.29, 1.82) is 0 Å². The molecule has 0 aromatic carbocycles. The van der Waals surface area contributed by atoms with Crippen molar-refractivity contribution in [2.75, 3.05) is 6.50 Å². The van der Waals surface area contributed by atoms with E-state index in [1.165, 1.54) is 0 Å². The minimum atomic E-state index is -3.50. The number of nitrogens with two attached hydrogens (primary N) is 1. The number of carboxylic acids is 1. The SMILES string of the molecule is [2H]C([2H])(N)CC([2H])([2H])C([2H])([2H])C([2H])([2H])C(=O)O. The first-order chi connectivity index (χ1) is 7.15. The molecule has 0 bridgehead atoms. The van der Waals surface area contributed by atoms with Crippen LogP contribution in [0.5, 0.6) is 0 Å². The summed E-state index contributed by atoms with van der Waals surface area (Å²) in [4.78, 5) is 10.6. The maximum Gasteiger partial charge on any atom is 0.303 e. The predicted molar refractivity (Wildman–Crippen MR) is 35.2 cm³/mol. The molecule has 0 atom stereocenters. The van der Waals surface area contributed by atoms with Crippen LogP contribution in [-0.4, -0.2) is 17.6 Å². The lowest BCUT2D eigenvalue weighted by Gasteiger charge is -1.93. The Morgan fingerprint density at radius 2 is 2.33 bits per heavy atom. The van der Waals surface area contributed by atoms with Gasteiger partial charge in [-0.3, -0.25) is 4.79 Å². The van der Waals surface area contributed by atoms with Gasteiger partial charge in [0, 0.05) is 17.3 Å². The molecule has 0 aromatic rings. The summed E-state index contributed by atoms with van der Waals surface area (Å²) < 4.78 is 57.1. The van der Waals surface area contributed by atoms with Crippen LogP contribution in [0.1, 0.15) is 36.5 Å². The monoisotopic (exact) mass is 139 g/mol. The standard InChI is InChI=1S/C6H13NO2/c7-5-3-1-2-4-6(8)9/h1-5,7H2,(H,8,9)/i1D2,2D2,4D2,5D2. The van der Waals surface area contributed by atoms with E-state index in [9.17, 15) is 4.79 Å². The predicted octanol–water partition coefficient (Wildman–Crippen LogP) is 0.590. The third-order valence-electron chi connectivity index (χ3n) is 0.448. The molecule has 0 aliphatic rings. The molecule has 0 aliphatic carbocycles. The first-order valence-electron chi connectivity index (χ1n) is 6.17. The number of carboxylic acid groups (broad SMARTS) is 1. The van der Waals surface area contributed by atoms with Crippen molar-refractivity contribution < 1.29 is 20.9 Å². The Hall–Kier alpha value is -0.570. The molecule has 0 saturated carbocycles. The molecular weight excluding hydrogens is 118 g/mol. The third kappa shape index (κ3) is 7.43. The summed E-state index contributed by atoms with van der Waals surface area (Å²) in [5.41, 5.74) is 4.89. The average molecular weight is 139 g/mol. The Bertz CT molecular complexity index is 310. The van der Waals surface area contributed by atoms with Gasteiger partial charge in [-0.15, -0.1) is 0 Å². The first kappa shape index (κ1) is 1.95. The lowest BCUT2D eigenvalue weighted by Crippen LogP contribution is -1.99.